The molecule has 1 heterocycles. The molecule has 3 aromatic rings. The van der Waals surface area contributed by atoms with Gasteiger partial charge >= 0.3 is 0 Å². The van der Waals surface area contributed by atoms with E-state index in [1.807, 2.05) is 87.6 Å². The van der Waals surface area contributed by atoms with E-state index in [-0.39, 0.29) is 11.9 Å². The summed E-state index contributed by atoms with van der Waals surface area (Å²) in [6, 6.07) is 22.0. The molecule has 0 radical (unpaired) electrons. The van der Waals surface area contributed by atoms with Gasteiger partial charge in [0.1, 0.15) is 0 Å². The van der Waals surface area contributed by atoms with Gasteiger partial charge in [-0.2, -0.15) is 0 Å². The fourth-order valence-electron chi connectivity index (χ4n) is 2.76. The molecule has 1 amide bonds. The summed E-state index contributed by atoms with van der Waals surface area (Å²) in [4.78, 5) is 23.5. The second-order valence-electron chi connectivity index (χ2n) is 6.42. The molecule has 0 aliphatic rings. The predicted molar refractivity (Wildman–Crippen MR) is 111 cm³/mol. The van der Waals surface area contributed by atoms with Crippen LogP contribution in [-0.2, 0) is 4.79 Å². The highest BCUT2D eigenvalue weighted by atomic mass is 32.2. The van der Waals surface area contributed by atoms with Crippen molar-refractivity contribution in [3.63, 3.8) is 0 Å². The van der Waals surface area contributed by atoms with Crippen LogP contribution in [0.3, 0.4) is 0 Å². The lowest BCUT2D eigenvalue weighted by Crippen LogP contribution is -2.31. The second kappa shape index (κ2) is 8.82. The van der Waals surface area contributed by atoms with Crippen molar-refractivity contribution in [3.8, 4) is 11.3 Å². The van der Waals surface area contributed by atoms with Crippen LogP contribution in [0.15, 0.2) is 71.9 Å². The number of nitrogens with zero attached hydrogens (tertiary/aromatic N) is 3. The number of benzene rings is 2. The first-order chi connectivity index (χ1) is 13.0. The number of amides is 1. The minimum Gasteiger partial charge on any atom is -0.338 e. The molecule has 0 saturated heterocycles. The van der Waals surface area contributed by atoms with Crippen molar-refractivity contribution in [1.82, 2.24) is 14.9 Å². The molecule has 0 fully saturated rings. The number of rotatable bonds is 6. The van der Waals surface area contributed by atoms with Gasteiger partial charge in [-0.1, -0.05) is 72.4 Å². The van der Waals surface area contributed by atoms with Crippen LogP contribution >= 0.6 is 11.8 Å². The molecule has 0 spiro atoms. The highest BCUT2D eigenvalue weighted by molar-refractivity contribution is 7.99. The Morgan fingerprint density at radius 1 is 1.04 bits per heavy atom. The van der Waals surface area contributed by atoms with Gasteiger partial charge in [0.05, 0.1) is 17.5 Å². The normalized spacial score (nSPS) is 11.8. The van der Waals surface area contributed by atoms with E-state index in [1.165, 1.54) is 11.8 Å². The van der Waals surface area contributed by atoms with Crippen molar-refractivity contribution in [2.75, 3.05) is 12.8 Å². The van der Waals surface area contributed by atoms with Crippen molar-refractivity contribution < 1.29 is 4.79 Å². The molecular formula is C22H23N3OS. The molecule has 0 unspecified atom stereocenters. The van der Waals surface area contributed by atoms with Crippen LogP contribution in [0.1, 0.15) is 24.2 Å². The lowest BCUT2D eigenvalue weighted by molar-refractivity contribution is -0.128. The quantitative estimate of drug-likeness (QED) is 0.459. The summed E-state index contributed by atoms with van der Waals surface area (Å²) in [5.74, 6) is 0.369. The van der Waals surface area contributed by atoms with Gasteiger partial charge in [-0.15, -0.1) is 0 Å². The van der Waals surface area contributed by atoms with E-state index >= 15 is 0 Å². The number of carbonyl (C=O) groups is 1. The van der Waals surface area contributed by atoms with Crippen LogP contribution in [0.4, 0.5) is 0 Å². The van der Waals surface area contributed by atoms with Gasteiger partial charge in [0.25, 0.3) is 0 Å². The Bertz CT molecular complexity index is 900. The number of aryl methyl sites for hydroxylation is 1. The fourth-order valence-corrected chi connectivity index (χ4v) is 3.59. The van der Waals surface area contributed by atoms with Gasteiger partial charge in [0, 0.05) is 18.3 Å². The van der Waals surface area contributed by atoms with Crippen LogP contribution < -0.4 is 0 Å². The largest absolute Gasteiger partial charge is 0.338 e. The summed E-state index contributed by atoms with van der Waals surface area (Å²) in [6.45, 7) is 3.98. The molecular weight excluding hydrogens is 354 g/mol. The molecule has 0 aliphatic heterocycles. The Hall–Kier alpha value is -2.66. The molecule has 3 rings (SSSR count). The SMILES string of the molecule is Cc1cc(-c2ccccc2)nc(SCC(=O)N(C)[C@@H](C)c2ccccc2)n1. The zero-order valence-corrected chi connectivity index (χ0v) is 16.6. The Morgan fingerprint density at radius 2 is 1.67 bits per heavy atom. The summed E-state index contributed by atoms with van der Waals surface area (Å²) in [5.41, 5.74) is 3.94. The number of hydrogen-bond donors (Lipinski definition) is 0. The van der Waals surface area contributed by atoms with Crippen molar-refractivity contribution >= 4 is 17.7 Å². The standard InChI is InChI=1S/C22H23N3OS/c1-16-14-20(19-12-8-5-9-13-19)24-22(23-16)27-15-21(26)25(3)17(2)18-10-6-4-7-11-18/h4-14,17H,15H2,1-3H3/t17-/m0/s1. The third kappa shape index (κ3) is 4.95. The van der Waals surface area contributed by atoms with Gasteiger partial charge in [0.15, 0.2) is 5.16 Å². The van der Waals surface area contributed by atoms with Crippen molar-refractivity contribution in [2.45, 2.75) is 25.0 Å². The van der Waals surface area contributed by atoms with E-state index in [0.29, 0.717) is 10.9 Å². The van der Waals surface area contributed by atoms with Crippen LogP contribution in [0, 0.1) is 6.92 Å². The first-order valence-electron chi connectivity index (χ1n) is 8.89. The van der Waals surface area contributed by atoms with Crippen LogP contribution in [-0.4, -0.2) is 33.6 Å². The highest BCUT2D eigenvalue weighted by Gasteiger charge is 2.18. The van der Waals surface area contributed by atoms with Gasteiger partial charge in [0.2, 0.25) is 5.91 Å². The Kier molecular flexibility index (Phi) is 6.24. The zero-order chi connectivity index (χ0) is 19.2. The van der Waals surface area contributed by atoms with E-state index in [2.05, 4.69) is 9.97 Å². The lowest BCUT2D eigenvalue weighted by atomic mass is 10.1. The van der Waals surface area contributed by atoms with Crippen LogP contribution in [0.2, 0.25) is 0 Å². The second-order valence-corrected chi connectivity index (χ2v) is 7.37. The Morgan fingerprint density at radius 3 is 2.33 bits per heavy atom. The molecule has 1 aromatic heterocycles. The molecule has 4 nitrogen and oxygen atoms in total. The average molecular weight is 378 g/mol. The third-order valence-electron chi connectivity index (χ3n) is 4.48. The van der Waals surface area contributed by atoms with Crippen LogP contribution in [0.5, 0.6) is 0 Å². The summed E-state index contributed by atoms with van der Waals surface area (Å²) >= 11 is 1.38. The van der Waals surface area contributed by atoms with Gasteiger partial charge in [-0.05, 0) is 25.5 Å². The maximum absolute atomic E-state index is 12.6. The van der Waals surface area contributed by atoms with Crippen molar-refractivity contribution in [3.05, 3.63) is 78.0 Å². The summed E-state index contributed by atoms with van der Waals surface area (Å²) in [7, 11) is 1.84. The highest BCUT2D eigenvalue weighted by Crippen LogP contribution is 2.23. The first-order valence-corrected chi connectivity index (χ1v) is 9.87. The summed E-state index contributed by atoms with van der Waals surface area (Å²) in [5, 5.41) is 0.628. The van der Waals surface area contributed by atoms with Gasteiger partial charge in [-0.3, -0.25) is 4.79 Å². The zero-order valence-electron chi connectivity index (χ0n) is 15.8. The van der Waals surface area contributed by atoms with E-state index < -0.39 is 0 Å². The van der Waals surface area contributed by atoms with Crippen molar-refractivity contribution in [2.24, 2.45) is 0 Å². The third-order valence-corrected chi connectivity index (χ3v) is 5.32. The van der Waals surface area contributed by atoms with Crippen LogP contribution in [0.25, 0.3) is 11.3 Å². The molecule has 0 N–H and O–H groups in total. The van der Waals surface area contributed by atoms with Gasteiger partial charge in [-0.25, -0.2) is 9.97 Å². The number of carbonyl (C=O) groups excluding carboxylic acids is 1. The lowest BCUT2D eigenvalue weighted by Gasteiger charge is -2.25. The maximum Gasteiger partial charge on any atom is 0.233 e. The molecule has 1 atom stereocenters. The molecule has 27 heavy (non-hydrogen) atoms. The van der Waals surface area contributed by atoms with E-state index in [0.717, 1.165) is 22.5 Å². The number of aromatic nitrogens is 2. The fraction of sp³-hybridized carbons (Fsp3) is 0.227. The van der Waals surface area contributed by atoms with E-state index in [1.54, 1.807) is 4.90 Å². The Labute approximate surface area is 164 Å². The topological polar surface area (TPSA) is 46.1 Å². The molecule has 0 saturated carbocycles. The minimum atomic E-state index is 0.0256. The molecule has 138 valence electrons. The molecule has 2 aromatic carbocycles. The smallest absolute Gasteiger partial charge is 0.233 e. The molecule has 0 bridgehead atoms. The number of hydrogen-bond acceptors (Lipinski definition) is 4. The molecule has 5 heteroatoms. The van der Waals surface area contributed by atoms with Gasteiger partial charge < -0.3 is 4.90 Å². The minimum absolute atomic E-state index is 0.0256. The van der Waals surface area contributed by atoms with Crippen molar-refractivity contribution in [1.29, 1.82) is 0 Å². The predicted octanol–water partition coefficient (Wildman–Crippen LogP) is 4.76. The maximum atomic E-state index is 12.6. The number of thioether (sulfide) groups is 1. The molecule has 0 aliphatic carbocycles. The Balaban J connectivity index is 1.67. The monoisotopic (exact) mass is 377 g/mol. The van der Waals surface area contributed by atoms with E-state index in [4.69, 9.17) is 0 Å². The average Bonchev–Trinajstić information content (AvgIpc) is 2.71. The van der Waals surface area contributed by atoms with E-state index in [9.17, 15) is 4.79 Å². The summed E-state index contributed by atoms with van der Waals surface area (Å²) < 4.78 is 0. The summed E-state index contributed by atoms with van der Waals surface area (Å²) in [6.07, 6.45) is 0. The first kappa shape index (κ1) is 19.1.